The van der Waals surface area contributed by atoms with Gasteiger partial charge in [-0.2, -0.15) is 10.1 Å². The number of carbonyl (C=O) groups is 5. The van der Waals surface area contributed by atoms with Crippen LogP contribution in [0, 0.1) is 24.2 Å². The highest BCUT2D eigenvalue weighted by Crippen LogP contribution is 2.38. The van der Waals surface area contributed by atoms with Gasteiger partial charge in [-0.15, -0.1) is 6.58 Å². The minimum Gasteiger partial charge on any atom is -0.497 e. The van der Waals surface area contributed by atoms with Crippen LogP contribution in [-0.2, 0) is 9.78 Å². The number of ether oxygens (including phenoxy) is 7. The molecule has 0 saturated heterocycles. The largest absolute Gasteiger partial charge is 0.497 e. The number of carbonyl (C=O) groups excluding carboxylic acids is 5. The van der Waals surface area contributed by atoms with Gasteiger partial charge in [0.2, 0.25) is 6.79 Å². The second-order valence-corrected chi connectivity index (χ2v) is 22.0. The summed E-state index contributed by atoms with van der Waals surface area (Å²) < 4.78 is 37.2. The van der Waals surface area contributed by atoms with Gasteiger partial charge in [0.05, 0.1) is 46.6 Å². The third kappa shape index (κ3) is 23.5. The van der Waals surface area contributed by atoms with Crippen LogP contribution in [0.15, 0.2) is 251 Å². The molecule has 15 heteroatoms. The number of esters is 5. The van der Waals surface area contributed by atoms with E-state index in [-0.39, 0.29) is 25.3 Å². The van der Waals surface area contributed by atoms with Crippen molar-refractivity contribution in [3.05, 3.63) is 318 Å². The molecule has 0 aliphatic heterocycles. The first kappa shape index (κ1) is 73.5. The Bertz CT molecular complexity index is 4150. The van der Waals surface area contributed by atoms with Gasteiger partial charge in [-0.05, 0) is 229 Å². The van der Waals surface area contributed by atoms with Crippen LogP contribution in [0.2, 0.25) is 0 Å². The van der Waals surface area contributed by atoms with Crippen molar-refractivity contribution >= 4 is 54.2 Å². The molecule has 98 heavy (non-hydrogen) atoms. The van der Waals surface area contributed by atoms with Crippen LogP contribution in [0.25, 0.3) is 24.3 Å². The normalized spacial score (nSPS) is 12.5. The second kappa shape index (κ2) is 39.0. The molecule has 0 unspecified atom stereocenters. The van der Waals surface area contributed by atoms with Gasteiger partial charge in [-0.25, -0.2) is 28.9 Å². The molecule has 10 rings (SSSR count). The van der Waals surface area contributed by atoms with Crippen molar-refractivity contribution in [2.45, 2.75) is 58.3 Å². The lowest BCUT2D eigenvalue weighted by Crippen LogP contribution is -2.13. The Labute approximate surface area is 572 Å². The molecule has 0 atom stereocenters. The second-order valence-electron chi connectivity index (χ2n) is 22.0. The molecule has 9 aromatic carbocycles. The third-order valence-corrected chi connectivity index (χ3v) is 15.3. The highest BCUT2D eigenvalue weighted by atomic mass is 17.2. The minimum absolute atomic E-state index is 0.0940. The standard InChI is InChI=1S/C27H24O7.C24H28O2.C16H11NO2.C16H14O3/c1-4-16-31-32-18-30-22-10-12-23(13-11-22)33-27(29)25-15-14-24(17-19(25)3)34-26(28)21-8-6-20(5-2)7-9-21;1-3-5-19-8-10-20(11-9-19)21-14-16-23(17-15-21)26-24(25)22-12-6-18(4-2)7-13-22;1-2-12-3-7-14(8-4-12)16(18)19-15-9-5-13(11-17)6-10-15;1-3-12-4-6-13(7-5-12)16(17)19-15-10-8-14(18-2)9-11-15/h4-15,17H,1-2,16,18H2,3H3;4,6-7,12-17,19-20H,2-3,5,8-11H2,1H3;2-10H,1H2;3-11H,1H2,2H3. The molecule has 0 bridgehead atoms. The molecular formula is C83H77NO14. The zero-order valence-electron chi connectivity index (χ0n) is 55.1. The van der Waals surface area contributed by atoms with Crippen molar-refractivity contribution in [1.82, 2.24) is 0 Å². The summed E-state index contributed by atoms with van der Waals surface area (Å²) in [6.45, 7) is 22.4. The molecule has 498 valence electrons. The summed E-state index contributed by atoms with van der Waals surface area (Å²) >= 11 is 0. The van der Waals surface area contributed by atoms with E-state index in [1.54, 1.807) is 208 Å². The van der Waals surface area contributed by atoms with Crippen LogP contribution < -0.4 is 33.2 Å². The fourth-order valence-corrected chi connectivity index (χ4v) is 9.84. The lowest BCUT2D eigenvalue weighted by Gasteiger charge is -2.28. The smallest absolute Gasteiger partial charge is 0.343 e. The van der Waals surface area contributed by atoms with Crippen molar-refractivity contribution in [2.24, 2.45) is 5.92 Å². The molecule has 1 aliphatic carbocycles. The molecule has 1 fully saturated rings. The predicted octanol–water partition coefficient (Wildman–Crippen LogP) is 19.1. The summed E-state index contributed by atoms with van der Waals surface area (Å²) in [7, 11) is 1.59. The number of nitrogens with zero attached hydrogens (tertiary/aromatic N) is 1. The molecule has 1 saturated carbocycles. The first-order valence-corrected chi connectivity index (χ1v) is 31.6. The number of benzene rings is 9. The summed E-state index contributed by atoms with van der Waals surface area (Å²) in [5.41, 5.74) is 8.57. The highest BCUT2D eigenvalue weighted by Gasteiger charge is 2.22. The third-order valence-electron chi connectivity index (χ3n) is 15.3. The van der Waals surface area contributed by atoms with Crippen LogP contribution in [0.5, 0.6) is 40.2 Å². The molecule has 0 aromatic heterocycles. The van der Waals surface area contributed by atoms with E-state index in [9.17, 15) is 24.0 Å². The minimum atomic E-state index is -0.537. The first-order chi connectivity index (χ1) is 47.6. The van der Waals surface area contributed by atoms with Crippen LogP contribution in [-0.4, -0.2) is 50.4 Å². The highest BCUT2D eigenvalue weighted by molar-refractivity contribution is 5.95. The molecule has 0 N–H and O–H groups in total. The monoisotopic (exact) mass is 1310 g/mol. The maximum Gasteiger partial charge on any atom is 0.343 e. The van der Waals surface area contributed by atoms with Gasteiger partial charge in [-0.3, -0.25) is 0 Å². The fourth-order valence-electron chi connectivity index (χ4n) is 9.84. The van der Waals surface area contributed by atoms with Crippen molar-refractivity contribution < 1.29 is 66.9 Å². The van der Waals surface area contributed by atoms with E-state index in [4.69, 9.17) is 48.2 Å². The van der Waals surface area contributed by atoms with Gasteiger partial charge in [0, 0.05) is 0 Å². The predicted molar refractivity (Wildman–Crippen MR) is 381 cm³/mol. The average molecular weight is 1310 g/mol. The molecule has 0 radical (unpaired) electrons. The van der Waals surface area contributed by atoms with Gasteiger partial charge in [0.1, 0.15) is 46.9 Å². The number of nitriles is 1. The van der Waals surface area contributed by atoms with E-state index >= 15 is 0 Å². The number of methoxy groups -OCH3 is 1. The summed E-state index contributed by atoms with van der Waals surface area (Å²) in [5.74, 6) is 2.81. The number of hydrogen-bond donors (Lipinski definition) is 0. The van der Waals surface area contributed by atoms with Crippen molar-refractivity contribution in [3.8, 4) is 46.3 Å². The summed E-state index contributed by atoms with van der Waals surface area (Å²) in [5, 5.41) is 8.67. The van der Waals surface area contributed by atoms with Crippen molar-refractivity contribution in [1.29, 1.82) is 5.26 Å². The molecule has 15 nitrogen and oxygen atoms in total. The molecule has 1 aliphatic rings. The zero-order chi connectivity index (χ0) is 70.0. The molecule has 9 aromatic rings. The molecule has 0 spiro atoms. The van der Waals surface area contributed by atoms with E-state index in [1.807, 2.05) is 42.5 Å². The van der Waals surface area contributed by atoms with E-state index in [1.165, 1.54) is 44.1 Å². The summed E-state index contributed by atoms with van der Waals surface area (Å²) in [6.07, 6.45) is 16.3. The Morgan fingerprint density at radius 3 is 1.16 bits per heavy atom. The quantitative estimate of drug-likeness (QED) is 0.0105. The molecule has 0 amide bonds. The maximum atomic E-state index is 12.6. The fraction of sp³-hybridized carbons (Fsp3) is 0.157. The van der Waals surface area contributed by atoms with E-state index < -0.39 is 17.9 Å². The summed E-state index contributed by atoms with van der Waals surface area (Å²) in [6, 6.07) is 62.7. The Morgan fingerprint density at radius 1 is 0.439 bits per heavy atom. The van der Waals surface area contributed by atoms with Crippen LogP contribution in [0.1, 0.15) is 142 Å². The Kier molecular flexibility index (Phi) is 29.3. The molecular weight excluding hydrogens is 1230 g/mol. The number of rotatable bonds is 24. The lowest BCUT2D eigenvalue weighted by atomic mass is 9.77. The van der Waals surface area contributed by atoms with Gasteiger partial charge in [0.15, 0.2) is 0 Å². The van der Waals surface area contributed by atoms with Gasteiger partial charge < -0.3 is 33.2 Å². The molecule has 0 heterocycles. The number of aryl methyl sites for hydroxylation is 1. The van der Waals surface area contributed by atoms with E-state index in [2.05, 4.69) is 52.0 Å². The zero-order valence-corrected chi connectivity index (χ0v) is 55.1. The van der Waals surface area contributed by atoms with Gasteiger partial charge >= 0.3 is 29.8 Å². The topological polar surface area (TPSA) is 192 Å². The van der Waals surface area contributed by atoms with E-state index in [0.29, 0.717) is 79.4 Å². The SMILES string of the molecule is C=CCOOCOc1ccc(OC(=O)c2ccc(OC(=O)c3ccc(C=C)cc3)cc2C)cc1.C=Cc1ccc(C(=O)Oc2ccc(C#N)cc2)cc1.C=Cc1ccc(C(=O)Oc2ccc(C3CCC(CCC)CC3)cc2)cc1.C=Cc1ccc(C(=O)Oc2ccc(OC)cc2)cc1. The van der Waals surface area contributed by atoms with Crippen LogP contribution in [0.3, 0.4) is 0 Å². The van der Waals surface area contributed by atoms with Crippen LogP contribution >= 0.6 is 0 Å². The van der Waals surface area contributed by atoms with E-state index in [0.717, 1.165) is 33.9 Å². The van der Waals surface area contributed by atoms with Gasteiger partial charge in [0.25, 0.3) is 0 Å². The first-order valence-electron chi connectivity index (χ1n) is 31.6. The summed E-state index contributed by atoms with van der Waals surface area (Å²) in [4.78, 5) is 70.5. The maximum absolute atomic E-state index is 12.6. The van der Waals surface area contributed by atoms with Gasteiger partial charge in [-0.1, -0.05) is 137 Å². The average Bonchev–Trinajstić information content (AvgIpc) is 0.861. The van der Waals surface area contributed by atoms with Crippen LogP contribution in [0.4, 0.5) is 0 Å². The number of hydrogen-bond acceptors (Lipinski definition) is 15. The van der Waals surface area contributed by atoms with Crippen molar-refractivity contribution in [3.63, 3.8) is 0 Å². The Balaban J connectivity index is 0.000000190. The Morgan fingerprint density at radius 2 is 0.796 bits per heavy atom. The van der Waals surface area contributed by atoms with Crippen molar-refractivity contribution in [2.75, 3.05) is 20.5 Å². The lowest BCUT2D eigenvalue weighted by molar-refractivity contribution is -0.315. The Hall–Kier alpha value is -12.0.